The van der Waals surface area contributed by atoms with Crippen LogP contribution < -0.4 is 15.1 Å². The number of aliphatic carboxylic acids is 1. The van der Waals surface area contributed by atoms with Crippen molar-refractivity contribution in [1.29, 1.82) is 0 Å². The number of nitrogens with two attached hydrogens (primary N) is 1. The predicted molar refractivity (Wildman–Crippen MR) is 96.4 cm³/mol. The van der Waals surface area contributed by atoms with E-state index in [9.17, 15) is 24.5 Å². The molecule has 5 N–H and O–H groups in total. The molecule has 150 valence electrons. The highest BCUT2D eigenvalue weighted by molar-refractivity contribution is 6.44. The van der Waals surface area contributed by atoms with Gasteiger partial charge in [-0.25, -0.2) is 4.79 Å². The molecule has 1 saturated heterocycles. The minimum absolute atomic E-state index is 0.0190. The summed E-state index contributed by atoms with van der Waals surface area (Å²) in [6, 6.07) is 2.18. The van der Waals surface area contributed by atoms with Gasteiger partial charge >= 0.3 is 19.1 Å². The molecule has 3 rings (SSSR count). The molecule has 2 aliphatic rings. The van der Waals surface area contributed by atoms with E-state index >= 15 is 0 Å². The molecule has 1 amide bonds. The summed E-state index contributed by atoms with van der Waals surface area (Å²) in [4.78, 5) is 35.9. The third kappa shape index (κ3) is 4.20. The van der Waals surface area contributed by atoms with Gasteiger partial charge in [-0.2, -0.15) is 0 Å². The van der Waals surface area contributed by atoms with E-state index in [1.807, 2.05) is 0 Å². The van der Waals surface area contributed by atoms with E-state index in [0.29, 0.717) is 18.3 Å². The van der Waals surface area contributed by atoms with Gasteiger partial charge in [-0.05, 0) is 30.8 Å². The number of carboxylic acids is 2. The Labute approximate surface area is 161 Å². The first kappa shape index (κ1) is 20.0. The van der Waals surface area contributed by atoms with Crippen LogP contribution in [0, 0.1) is 0 Å². The van der Waals surface area contributed by atoms with Crippen LogP contribution in [-0.2, 0) is 16.0 Å². The molecule has 0 aromatic heterocycles. The van der Waals surface area contributed by atoms with Gasteiger partial charge in [-0.15, -0.1) is 0 Å². The second kappa shape index (κ2) is 8.07. The molecule has 11 heteroatoms. The van der Waals surface area contributed by atoms with Gasteiger partial charge in [0, 0.05) is 6.42 Å². The van der Waals surface area contributed by atoms with Crippen molar-refractivity contribution in [1.82, 2.24) is 4.90 Å². The van der Waals surface area contributed by atoms with Crippen LogP contribution in [0.5, 0.6) is 11.5 Å². The molecule has 1 fully saturated rings. The quantitative estimate of drug-likeness (QED) is 0.452. The lowest BCUT2D eigenvalue weighted by Crippen LogP contribution is -2.56. The smallest absolute Gasteiger partial charge is 0.522 e. The van der Waals surface area contributed by atoms with E-state index in [1.54, 1.807) is 12.1 Å². The topological polar surface area (TPSA) is 160 Å². The highest BCUT2D eigenvalue weighted by Crippen LogP contribution is 2.37. The second-order valence-electron chi connectivity index (χ2n) is 6.87. The molecule has 0 spiro atoms. The lowest BCUT2D eigenvalue weighted by Gasteiger charge is -2.39. The van der Waals surface area contributed by atoms with Crippen molar-refractivity contribution < 1.29 is 39.0 Å². The van der Waals surface area contributed by atoms with E-state index in [1.165, 1.54) is 4.90 Å². The number of likely N-dealkylation sites (tertiary alicyclic amines) is 1. The van der Waals surface area contributed by atoms with Crippen molar-refractivity contribution in [3.63, 3.8) is 0 Å². The third-order valence-corrected chi connectivity index (χ3v) is 4.81. The summed E-state index contributed by atoms with van der Waals surface area (Å²) < 4.78 is 11.0. The van der Waals surface area contributed by atoms with Crippen molar-refractivity contribution in [2.75, 3.05) is 13.1 Å². The molecule has 1 unspecified atom stereocenters. The summed E-state index contributed by atoms with van der Waals surface area (Å²) in [5.74, 6) is -2.38. The Kier molecular flexibility index (Phi) is 5.75. The van der Waals surface area contributed by atoms with Gasteiger partial charge in [0.15, 0.2) is 0 Å². The molecule has 1 aromatic carbocycles. The summed E-state index contributed by atoms with van der Waals surface area (Å²) >= 11 is 0. The number of carbonyl (C=O) groups is 3. The van der Waals surface area contributed by atoms with Crippen LogP contribution in [-0.4, -0.2) is 70.3 Å². The Bertz CT molecular complexity index is 796. The maximum absolute atomic E-state index is 12.0. The lowest BCUT2D eigenvalue weighted by molar-refractivity contribution is -0.141. The fourth-order valence-corrected chi connectivity index (χ4v) is 3.17. The molecule has 2 aliphatic heterocycles. The van der Waals surface area contributed by atoms with Crippen LogP contribution >= 0.6 is 0 Å². The van der Waals surface area contributed by atoms with Crippen LogP contribution in [0.2, 0.25) is 6.32 Å². The fourth-order valence-electron chi connectivity index (χ4n) is 3.17. The van der Waals surface area contributed by atoms with Gasteiger partial charge in [0.1, 0.15) is 29.2 Å². The van der Waals surface area contributed by atoms with Gasteiger partial charge in [0.2, 0.25) is 5.91 Å². The zero-order valence-electron chi connectivity index (χ0n) is 15.0. The predicted octanol–water partition coefficient (Wildman–Crippen LogP) is -0.418. The maximum atomic E-state index is 12.0. The minimum atomic E-state index is -1.23. The Hall–Kier alpha value is -2.79. The lowest BCUT2D eigenvalue weighted by atomic mass is 9.78. The number of aryl methyl sites for hydroxylation is 1. The number of carbonyl (C=O) groups excluding carboxylic acids is 1. The number of hydrogen-bond acceptors (Lipinski definition) is 7. The summed E-state index contributed by atoms with van der Waals surface area (Å²) in [5.41, 5.74) is 5.93. The number of hydrogen-bond donors (Lipinski definition) is 4. The minimum Gasteiger partial charge on any atom is -0.535 e. The number of amides is 1. The van der Waals surface area contributed by atoms with Gasteiger partial charge in [0.25, 0.3) is 0 Å². The molecular formula is C17H21BN2O8. The number of carboxylic acid groups (broad SMARTS) is 2. The SMILES string of the molecule is NC(CCC(=O)N1CC(Oc2ccc3c(c2C(=O)O)OB(O)CC3)C1)C(=O)O. The molecule has 0 radical (unpaired) electrons. The zero-order valence-corrected chi connectivity index (χ0v) is 15.0. The van der Waals surface area contributed by atoms with Crippen LogP contribution in [0.25, 0.3) is 0 Å². The molecule has 0 bridgehead atoms. The molecule has 0 saturated carbocycles. The Morgan fingerprint density at radius 2 is 2.04 bits per heavy atom. The normalized spacial score (nSPS) is 17.2. The number of fused-ring (bicyclic) bond motifs is 1. The van der Waals surface area contributed by atoms with E-state index in [4.69, 9.17) is 20.2 Å². The van der Waals surface area contributed by atoms with Crippen molar-refractivity contribution in [2.45, 2.75) is 37.7 Å². The van der Waals surface area contributed by atoms with Gasteiger partial charge in [0.05, 0.1) is 13.1 Å². The second-order valence-corrected chi connectivity index (χ2v) is 6.87. The van der Waals surface area contributed by atoms with Crippen LogP contribution in [0.1, 0.15) is 28.8 Å². The first-order chi connectivity index (χ1) is 13.3. The molecular weight excluding hydrogens is 371 g/mol. The summed E-state index contributed by atoms with van der Waals surface area (Å²) in [6.07, 6.45) is 0.565. The molecule has 10 nitrogen and oxygen atoms in total. The summed E-state index contributed by atoms with van der Waals surface area (Å²) in [5, 5.41) is 28.0. The zero-order chi connectivity index (χ0) is 20.4. The van der Waals surface area contributed by atoms with Crippen molar-refractivity contribution >= 4 is 25.0 Å². The highest BCUT2D eigenvalue weighted by Gasteiger charge is 2.35. The van der Waals surface area contributed by atoms with Crippen molar-refractivity contribution in [3.8, 4) is 11.5 Å². The molecule has 0 aliphatic carbocycles. The number of rotatable bonds is 7. The van der Waals surface area contributed by atoms with Crippen LogP contribution in [0.15, 0.2) is 12.1 Å². The molecule has 1 atom stereocenters. The summed E-state index contributed by atoms with van der Waals surface area (Å²) in [6.45, 7) is 0.529. The van der Waals surface area contributed by atoms with Gasteiger partial charge in [-0.1, -0.05) is 6.07 Å². The average molecular weight is 392 g/mol. The van der Waals surface area contributed by atoms with E-state index in [2.05, 4.69) is 0 Å². The standard InChI is InChI=1S/C17H21BN2O8/c19-11(16(22)23)2-4-13(21)20-7-10(8-20)27-12-3-1-9-5-6-18(26)28-15(9)14(12)17(24)25/h1,3,10-11,26H,2,4-8,19H2,(H,22,23)(H,24,25). The van der Waals surface area contributed by atoms with E-state index in [-0.39, 0.29) is 55.0 Å². The average Bonchev–Trinajstić information content (AvgIpc) is 2.60. The molecule has 2 heterocycles. The number of ether oxygens (including phenoxy) is 1. The summed E-state index contributed by atoms with van der Waals surface area (Å²) in [7, 11) is -1.06. The first-order valence-corrected chi connectivity index (χ1v) is 8.93. The Balaban J connectivity index is 1.60. The van der Waals surface area contributed by atoms with E-state index in [0.717, 1.165) is 0 Å². The first-order valence-electron chi connectivity index (χ1n) is 8.93. The largest absolute Gasteiger partial charge is 0.535 e. The number of benzene rings is 1. The Morgan fingerprint density at radius 1 is 1.32 bits per heavy atom. The van der Waals surface area contributed by atoms with Crippen molar-refractivity contribution in [2.24, 2.45) is 5.73 Å². The van der Waals surface area contributed by atoms with Gasteiger partial charge < -0.3 is 35.3 Å². The monoisotopic (exact) mass is 392 g/mol. The van der Waals surface area contributed by atoms with Crippen LogP contribution in [0.4, 0.5) is 0 Å². The molecule has 28 heavy (non-hydrogen) atoms. The highest BCUT2D eigenvalue weighted by atomic mass is 16.5. The van der Waals surface area contributed by atoms with Crippen LogP contribution in [0.3, 0.4) is 0 Å². The number of nitrogens with zero attached hydrogens (tertiary/aromatic N) is 1. The Morgan fingerprint density at radius 3 is 2.68 bits per heavy atom. The van der Waals surface area contributed by atoms with E-state index < -0.39 is 25.1 Å². The maximum Gasteiger partial charge on any atom is 0.522 e. The molecule has 1 aromatic rings. The van der Waals surface area contributed by atoms with Gasteiger partial charge in [-0.3, -0.25) is 9.59 Å². The fraction of sp³-hybridized carbons (Fsp3) is 0.471. The van der Waals surface area contributed by atoms with Crippen molar-refractivity contribution in [3.05, 3.63) is 23.3 Å². The third-order valence-electron chi connectivity index (χ3n) is 4.81. The number of aromatic carboxylic acids is 1.